The summed E-state index contributed by atoms with van der Waals surface area (Å²) in [7, 11) is 0. The summed E-state index contributed by atoms with van der Waals surface area (Å²) in [5.74, 6) is -0.717. The Balaban J connectivity index is 1.35. The van der Waals surface area contributed by atoms with E-state index in [1.165, 1.54) is 21.7 Å². The molecule has 4 heteroatoms. The summed E-state index contributed by atoms with van der Waals surface area (Å²) in [6.07, 6.45) is 10.5. The maximum absolute atomic E-state index is 10.9. The molecule has 4 nitrogen and oxygen atoms in total. The number of aryl methyl sites for hydroxylation is 1. The molecule has 0 spiro atoms. The van der Waals surface area contributed by atoms with Gasteiger partial charge in [-0.1, -0.05) is 97.1 Å². The molecule has 0 radical (unpaired) electrons. The molecule has 0 saturated heterocycles. The molecule has 0 aliphatic heterocycles. The van der Waals surface area contributed by atoms with Gasteiger partial charge in [0.2, 0.25) is 0 Å². The molecule has 0 saturated carbocycles. The van der Waals surface area contributed by atoms with E-state index in [1.807, 2.05) is 25.1 Å². The van der Waals surface area contributed by atoms with Crippen molar-refractivity contribution in [2.45, 2.75) is 19.8 Å². The summed E-state index contributed by atoms with van der Waals surface area (Å²) >= 11 is 0. The van der Waals surface area contributed by atoms with Crippen molar-refractivity contribution in [2.75, 3.05) is 0 Å². The van der Waals surface area contributed by atoms with Crippen molar-refractivity contribution in [3.8, 4) is 29.0 Å². The van der Waals surface area contributed by atoms with E-state index in [9.17, 15) is 10.5 Å². The molecule has 0 amide bonds. The number of para-hydroxylation sites is 4. The van der Waals surface area contributed by atoms with Crippen LogP contribution in [0.4, 0.5) is 0 Å². The summed E-state index contributed by atoms with van der Waals surface area (Å²) < 4.78 is 4.58. The lowest BCUT2D eigenvalue weighted by atomic mass is 9.78. The van der Waals surface area contributed by atoms with Crippen LogP contribution in [0.1, 0.15) is 35.2 Å². The number of fused-ring (bicyclic) bond motifs is 4. The normalized spacial score (nSPS) is 16.0. The average Bonchev–Trinajstić information content (AvgIpc) is 3.62. The summed E-state index contributed by atoms with van der Waals surface area (Å²) in [5.41, 5.74) is 11.1. The molecule has 1 aliphatic carbocycles. The molecule has 2 atom stereocenters. The molecular weight excluding hydrogens is 585 g/mol. The van der Waals surface area contributed by atoms with Crippen molar-refractivity contribution in [1.82, 2.24) is 9.13 Å². The molecule has 2 unspecified atom stereocenters. The molecule has 1 aliphatic rings. The van der Waals surface area contributed by atoms with Crippen LogP contribution in [0, 0.1) is 35.5 Å². The zero-order valence-corrected chi connectivity index (χ0v) is 26.8. The van der Waals surface area contributed by atoms with E-state index in [0.717, 1.165) is 50.3 Å². The van der Waals surface area contributed by atoms with Crippen molar-refractivity contribution >= 4 is 44.5 Å². The van der Waals surface area contributed by atoms with Crippen LogP contribution in [-0.2, 0) is 0 Å². The zero-order chi connectivity index (χ0) is 32.8. The van der Waals surface area contributed by atoms with Crippen LogP contribution in [-0.4, -0.2) is 9.13 Å². The minimum absolute atomic E-state index is 0.246. The van der Waals surface area contributed by atoms with E-state index >= 15 is 0 Å². The quantitative estimate of drug-likeness (QED) is 0.193. The Hall–Kier alpha value is -6.36. The van der Waals surface area contributed by atoms with Crippen LogP contribution < -0.4 is 0 Å². The van der Waals surface area contributed by atoms with Crippen molar-refractivity contribution in [3.05, 3.63) is 162 Å². The minimum atomic E-state index is -0.471. The van der Waals surface area contributed by atoms with Gasteiger partial charge in [-0.3, -0.25) is 0 Å². The number of nitrogens with zero attached hydrogens (tertiary/aromatic N) is 4. The summed E-state index contributed by atoms with van der Waals surface area (Å²) in [6.45, 7) is 4.18. The highest BCUT2D eigenvalue weighted by Gasteiger charge is 2.32. The van der Waals surface area contributed by atoms with Crippen LogP contribution in [0.25, 0.3) is 61.3 Å². The van der Waals surface area contributed by atoms with Gasteiger partial charge in [-0.25, -0.2) is 0 Å². The summed E-state index contributed by atoms with van der Waals surface area (Å²) in [6, 6.07) is 44.8. The van der Waals surface area contributed by atoms with Gasteiger partial charge in [0, 0.05) is 39.0 Å². The number of hydrogen-bond acceptors (Lipinski definition) is 2. The smallest absolute Gasteiger partial charge is 0.0991 e. The fraction of sp³-hybridized carbons (Fsp3) is 0.0909. The second-order valence-corrected chi connectivity index (χ2v) is 12.3. The molecule has 0 N–H and O–H groups in total. The molecule has 0 fully saturated rings. The van der Waals surface area contributed by atoms with Crippen LogP contribution >= 0.6 is 0 Å². The van der Waals surface area contributed by atoms with Crippen LogP contribution in [0.5, 0.6) is 0 Å². The predicted molar refractivity (Wildman–Crippen MR) is 198 cm³/mol. The standard InChI is InChI=1S/C44H32N4/c1-3-13-39-29(2)31-14-4-8-19-40(31)47(39)44-23-12-18-32(38(44)28-46)33-25-24-30(27-45)26-37(33)36-17-7-11-22-43(36)48-41-20-9-5-15-34(41)35-16-6-10-21-42(35)48/h3-26,32,38H,1-2H3/b13-3-. The first-order chi connectivity index (χ1) is 23.6. The number of aromatic nitrogens is 2. The van der Waals surface area contributed by atoms with Crippen molar-refractivity contribution in [3.63, 3.8) is 0 Å². The number of rotatable bonds is 5. The molecule has 8 rings (SSSR count). The van der Waals surface area contributed by atoms with E-state index in [1.54, 1.807) is 0 Å². The lowest BCUT2D eigenvalue weighted by Gasteiger charge is -2.29. The Kier molecular flexibility index (Phi) is 7.13. The first-order valence-electron chi connectivity index (χ1n) is 16.3. The van der Waals surface area contributed by atoms with Crippen molar-refractivity contribution in [1.29, 1.82) is 10.5 Å². The highest BCUT2D eigenvalue weighted by molar-refractivity contribution is 6.09. The fourth-order valence-corrected chi connectivity index (χ4v) is 7.60. The van der Waals surface area contributed by atoms with E-state index in [0.29, 0.717) is 5.56 Å². The zero-order valence-electron chi connectivity index (χ0n) is 26.8. The van der Waals surface area contributed by atoms with Crippen LogP contribution in [0.2, 0.25) is 0 Å². The second-order valence-electron chi connectivity index (χ2n) is 12.3. The molecule has 2 aromatic heterocycles. The Labute approximate surface area is 280 Å². The molecule has 2 heterocycles. The first-order valence-corrected chi connectivity index (χ1v) is 16.3. The Bertz CT molecular complexity index is 2520. The maximum atomic E-state index is 10.9. The van der Waals surface area contributed by atoms with Gasteiger partial charge >= 0.3 is 0 Å². The first kappa shape index (κ1) is 29.1. The SMILES string of the molecule is C/C=C\c1c(C)c2ccccc2n1C1=CC=CC(c2ccc(C#N)cc2-c2ccccc2-n2c3ccccc3c3ccccc32)C1C#N. The monoisotopic (exact) mass is 616 g/mol. The molecular formula is C44H32N4. The maximum Gasteiger partial charge on any atom is 0.0991 e. The summed E-state index contributed by atoms with van der Waals surface area (Å²) in [4.78, 5) is 0. The lowest BCUT2D eigenvalue weighted by Crippen LogP contribution is -2.19. The third kappa shape index (κ3) is 4.43. The molecule has 48 heavy (non-hydrogen) atoms. The molecule has 7 aromatic rings. The van der Waals surface area contributed by atoms with Gasteiger partial charge in [0.15, 0.2) is 0 Å². The number of allylic oxidation sites excluding steroid dienone is 5. The summed E-state index contributed by atoms with van der Waals surface area (Å²) in [5, 5.41) is 24.6. The third-order valence-electron chi connectivity index (χ3n) is 9.72. The van der Waals surface area contributed by atoms with Crippen LogP contribution in [0.3, 0.4) is 0 Å². The van der Waals surface area contributed by atoms with Gasteiger partial charge in [-0.2, -0.15) is 10.5 Å². The van der Waals surface area contributed by atoms with Gasteiger partial charge in [-0.05, 0) is 79.1 Å². The fourth-order valence-electron chi connectivity index (χ4n) is 7.60. The van der Waals surface area contributed by atoms with Gasteiger partial charge in [-0.15, -0.1) is 0 Å². The highest BCUT2D eigenvalue weighted by atomic mass is 15.0. The minimum Gasteiger partial charge on any atom is -0.312 e. The van der Waals surface area contributed by atoms with Gasteiger partial charge in [0.25, 0.3) is 0 Å². The number of hydrogen-bond donors (Lipinski definition) is 0. The second kappa shape index (κ2) is 11.8. The highest BCUT2D eigenvalue weighted by Crippen LogP contribution is 2.45. The van der Waals surface area contributed by atoms with Crippen molar-refractivity contribution < 1.29 is 0 Å². The van der Waals surface area contributed by atoms with E-state index in [-0.39, 0.29) is 5.92 Å². The van der Waals surface area contributed by atoms with E-state index in [4.69, 9.17) is 0 Å². The number of nitriles is 2. The van der Waals surface area contributed by atoms with E-state index < -0.39 is 5.92 Å². The largest absolute Gasteiger partial charge is 0.312 e. The van der Waals surface area contributed by atoms with Gasteiger partial charge in [0.05, 0.1) is 45.9 Å². The topological polar surface area (TPSA) is 57.4 Å². The van der Waals surface area contributed by atoms with Gasteiger partial charge < -0.3 is 9.13 Å². The third-order valence-corrected chi connectivity index (χ3v) is 9.72. The van der Waals surface area contributed by atoms with Crippen molar-refractivity contribution in [2.24, 2.45) is 5.92 Å². The molecule has 0 bridgehead atoms. The molecule has 228 valence electrons. The van der Waals surface area contributed by atoms with Crippen LogP contribution in [0.15, 0.2) is 140 Å². The predicted octanol–water partition coefficient (Wildman–Crippen LogP) is 11.0. The van der Waals surface area contributed by atoms with Gasteiger partial charge in [0.1, 0.15) is 0 Å². The lowest BCUT2D eigenvalue weighted by molar-refractivity contribution is 0.700. The Morgan fingerprint density at radius 2 is 1.31 bits per heavy atom. The van der Waals surface area contributed by atoms with E-state index in [2.05, 4.69) is 156 Å². The Morgan fingerprint density at radius 1 is 0.688 bits per heavy atom. The molecule has 5 aromatic carbocycles. The Morgan fingerprint density at radius 3 is 1.98 bits per heavy atom. The number of benzene rings is 5. The average molecular weight is 617 g/mol.